The summed E-state index contributed by atoms with van der Waals surface area (Å²) >= 11 is 5.85. The average molecular weight is 250 g/mol. The van der Waals surface area contributed by atoms with Gasteiger partial charge < -0.3 is 9.84 Å². The summed E-state index contributed by atoms with van der Waals surface area (Å²) in [4.78, 5) is 4.28. The second-order valence-corrected chi connectivity index (χ2v) is 3.87. The summed E-state index contributed by atoms with van der Waals surface area (Å²) in [5, 5.41) is 11.7. The van der Waals surface area contributed by atoms with Crippen molar-refractivity contribution in [1.29, 1.82) is 0 Å². The summed E-state index contributed by atoms with van der Waals surface area (Å²) in [7, 11) is 0. The van der Waals surface area contributed by atoms with E-state index in [0.29, 0.717) is 17.5 Å². The number of nitrogens with one attached hydrogen (secondary N) is 1. The summed E-state index contributed by atoms with van der Waals surface area (Å²) in [5.41, 5.74) is 1.53. The minimum absolute atomic E-state index is 0.515. The summed E-state index contributed by atoms with van der Waals surface area (Å²) in [5.74, 6) is 0.523. The molecule has 3 heterocycles. The Kier molecular flexibility index (Phi) is 2.41. The molecule has 3 aromatic rings. The fourth-order valence-electron chi connectivity index (χ4n) is 1.43. The first kappa shape index (κ1) is 10.1. The highest BCUT2D eigenvalue weighted by Crippen LogP contribution is 2.11. The molecule has 0 unspecified atom stereocenters. The van der Waals surface area contributed by atoms with Crippen molar-refractivity contribution in [3.63, 3.8) is 0 Å². The van der Waals surface area contributed by atoms with E-state index in [4.69, 9.17) is 16.1 Å². The zero-order valence-corrected chi connectivity index (χ0v) is 9.42. The Morgan fingerprint density at radius 2 is 2.29 bits per heavy atom. The van der Waals surface area contributed by atoms with Crippen molar-refractivity contribution in [2.45, 2.75) is 6.54 Å². The van der Waals surface area contributed by atoms with E-state index in [1.54, 1.807) is 28.9 Å². The van der Waals surface area contributed by atoms with Crippen LogP contribution in [0.2, 0.25) is 5.02 Å². The van der Waals surface area contributed by atoms with Crippen molar-refractivity contribution in [3.05, 3.63) is 41.4 Å². The molecule has 0 amide bonds. The first-order valence-electron chi connectivity index (χ1n) is 4.96. The van der Waals surface area contributed by atoms with Crippen LogP contribution in [0.5, 0.6) is 0 Å². The number of hydrogen-bond donors (Lipinski definition) is 1. The van der Waals surface area contributed by atoms with Crippen molar-refractivity contribution in [2.24, 2.45) is 0 Å². The lowest BCUT2D eigenvalue weighted by molar-refractivity contribution is 0.412. The summed E-state index contributed by atoms with van der Waals surface area (Å²) in [6, 6.07) is 5.35. The van der Waals surface area contributed by atoms with Crippen molar-refractivity contribution in [3.8, 4) is 0 Å². The number of halogens is 1. The smallest absolute Gasteiger partial charge is 0.243 e. The molecule has 6 nitrogen and oxygen atoms in total. The first-order chi connectivity index (χ1) is 8.31. The Hall–Kier alpha value is -2.08. The van der Waals surface area contributed by atoms with Gasteiger partial charge in [0.2, 0.25) is 5.95 Å². The molecule has 1 N–H and O–H groups in total. The van der Waals surface area contributed by atoms with Crippen molar-refractivity contribution >= 4 is 23.2 Å². The molecular weight excluding hydrogens is 242 g/mol. The maximum absolute atomic E-state index is 5.85. The van der Waals surface area contributed by atoms with Crippen LogP contribution in [0.3, 0.4) is 0 Å². The van der Waals surface area contributed by atoms with Crippen LogP contribution in [0.4, 0.5) is 5.95 Å². The monoisotopic (exact) mass is 249 g/mol. The van der Waals surface area contributed by atoms with Crippen molar-refractivity contribution < 1.29 is 4.52 Å². The molecule has 0 aliphatic heterocycles. The lowest BCUT2D eigenvalue weighted by atomic mass is 10.4. The fraction of sp³-hybridized carbons (Fsp3) is 0.100. The van der Waals surface area contributed by atoms with Gasteiger partial charge in [0.15, 0.2) is 5.65 Å². The van der Waals surface area contributed by atoms with Crippen LogP contribution in [0.15, 0.2) is 35.2 Å². The largest absolute Gasteiger partial charge is 0.364 e. The van der Waals surface area contributed by atoms with Gasteiger partial charge in [-0.1, -0.05) is 16.8 Å². The minimum Gasteiger partial charge on any atom is -0.364 e. The Morgan fingerprint density at radius 3 is 3.12 bits per heavy atom. The molecule has 3 rings (SSSR count). The molecule has 0 aromatic carbocycles. The quantitative estimate of drug-likeness (QED) is 0.769. The number of nitrogens with zero attached hydrogens (tertiary/aromatic N) is 4. The molecule has 0 spiro atoms. The van der Waals surface area contributed by atoms with Crippen LogP contribution in [0, 0.1) is 0 Å². The van der Waals surface area contributed by atoms with Gasteiger partial charge in [-0.2, -0.15) is 4.98 Å². The molecule has 3 aromatic heterocycles. The van der Waals surface area contributed by atoms with E-state index in [1.165, 1.54) is 6.26 Å². The highest BCUT2D eigenvalue weighted by molar-refractivity contribution is 6.30. The van der Waals surface area contributed by atoms with Gasteiger partial charge in [-0.25, -0.2) is 4.52 Å². The third-order valence-electron chi connectivity index (χ3n) is 2.21. The van der Waals surface area contributed by atoms with Crippen LogP contribution in [-0.2, 0) is 6.54 Å². The molecule has 7 heteroatoms. The van der Waals surface area contributed by atoms with E-state index < -0.39 is 0 Å². The number of aromatic nitrogens is 4. The Labute approximate surface area is 101 Å². The van der Waals surface area contributed by atoms with E-state index in [2.05, 4.69) is 20.6 Å². The third-order valence-corrected chi connectivity index (χ3v) is 2.44. The molecule has 17 heavy (non-hydrogen) atoms. The van der Waals surface area contributed by atoms with Crippen LogP contribution in [-0.4, -0.2) is 19.8 Å². The third kappa shape index (κ3) is 2.07. The van der Waals surface area contributed by atoms with Crippen molar-refractivity contribution in [2.75, 3.05) is 5.32 Å². The van der Waals surface area contributed by atoms with Gasteiger partial charge in [-0.3, -0.25) is 0 Å². The van der Waals surface area contributed by atoms with Gasteiger partial charge in [0.25, 0.3) is 0 Å². The SMILES string of the molecule is Clc1ccc2nc(NCc3ccon3)nn2c1. The predicted molar refractivity (Wildman–Crippen MR) is 61.8 cm³/mol. The van der Waals surface area contributed by atoms with Crippen molar-refractivity contribution in [1.82, 2.24) is 19.8 Å². The number of anilines is 1. The van der Waals surface area contributed by atoms with Gasteiger partial charge in [0, 0.05) is 12.3 Å². The predicted octanol–water partition coefficient (Wildman–Crippen LogP) is 1.98. The van der Waals surface area contributed by atoms with E-state index >= 15 is 0 Å². The van der Waals surface area contributed by atoms with E-state index in [0.717, 1.165) is 11.3 Å². The lowest BCUT2D eigenvalue weighted by Gasteiger charge is -1.95. The number of rotatable bonds is 3. The number of hydrogen-bond acceptors (Lipinski definition) is 5. The Bertz CT molecular complexity index is 633. The molecule has 0 aliphatic carbocycles. The maximum Gasteiger partial charge on any atom is 0.243 e. The highest BCUT2D eigenvalue weighted by Gasteiger charge is 2.04. The van der Waals surface area contributed by atoms with Crippen LogP contribution >= 0.6 is 11.6 Å². The molecule has 0 saturated carbocycles. The Balaban J connectivity index is 1.81. The van der Waals surface area contributed by atoms with Gasteiger partial charge in [0.05, 0.1) is 11.6 Å². The summed E-state index contributed by atoms with van der Waals surface area (Å²) in [6.07, 6.45) is 3.22. The molecular formula is C10H8ClN5O. The van der Waals surface area contributed by atoms with E-state index in [9.17, 15) is 0 Å². The lowest BCUT2D eigenvalue weighted by Crippen LogP contribution is -2.01. The molecule has 0 fully saturated rings. The molecule has 0 atom stereocenters. The summed E-state index contributed by atoms with van der Waals surface area (Å²) < 4.78 is 6.34. The van der Waals surface area contributed by atoms with E-state index in [1.807, 2.05) is 0 Å². The van der Waals surface area contributed by atoms with Gasteiger partial charge in [-0.15, -0.1) is 5.10 Å². The average Bonchev–Trinajstić information content (AvgIpc) is 2.94. The topological polar surface area (TPSA) is 68.2 Å². The molecule has 86 valence electrons. The van der Waals surface area contributed by atoms with Gasteiger partial charge >= 0.3 is 0 Å². The minimum atomic E-state index is 0.515. The first-order valence-corrected chi connectivity index (χ1v) is 5.34. The maximum atomic E-state index is 5.85. The highest BCUT2D eigenvalue weighted by atomic mass is 35.5. The summed E-state index contributed by atoms with van der Waals surface area (Å²) in [6.45, 7) is 0.515. The molecule has 0 bridgehead atoms. The second-order valence-electron chi connectivity index (χ2n) is 3.43. The van der Waals surface area contributed by atoms with Crippen LogP contribution < -0.4 is 5.32 Å². The molecule has 0 aliphatic rings. The Morgan fingerprint density at radius 1 is 1.35 bits per heavy atom. The van der Waals surface area contributed by atoms with Crippen LogP contribution in [0.1, 0.15) is 5.69 Å². The van der Waals surface area contributed by atoms with Gasteiger partial charge in [-0.05, 0) is 12.1 Å². The van der Waals surface area contributed by atoms with Gasteiger partial charge in [0.1, 0.15) is 12.0 Å². The molecule has 0 saturated heterocycles. The van der Waals surface area contributed by atoms with Crippen LogP contribution in [0.25, 0.3) is 5.65 Å². The zero-order valence-electron chi connectivity index (χ0n) is 8.67. The zero-order chi connectivity index (χ0) is 11.7. The second kappa shape index (κ2) is 4.06. The fourth-order valence-corrected chi connectivity index (χ4v) is 1.59. The number of pyridine rings is 1. The molecule has 0 radical (unpaired) electrons. The normalized spacial score (nSPS) is 10.9. The van der Waals surface area contributed by atoms with E-state index in [-0.39, 0.29) is 0 Å². The standard InChI is InChI=1S/C10H8ClN5O/c11-7-1-2-9-13-10(14-16(9)6-7)12-5-8-3-4-17-15-8/h1-4,6H,5H2,(H,12,14). The number of fused-ring (bicyclic) bond motifs is 1.